The summed E-state index contributed by atoms with van der Waals surface area (Å²) in [7, 11) is 0. The van der Waals surface area contributed by atoms with Crippen molar-refractivity contribution >= 4 is 17.2 Å². The maximum atomic E-state index is 13.9. The third kappa shape index (κ3) is 4.16. The van der Waals surface area contributed by atoms with E-state index in [1.807, 2.05) is 17.2 Å². The number of nitrogens with zero attached hydrogens (tertiary/aromatic N) is 3. The fourth-order valence-corrected chi connectivity index (χ4v) is 3.69. The third-order valence-corrected chi connectivity index (χ3v) is 5.38. The Balaban J connectivity index is 1.64. The minimum Gasteiger partial charge on any atom is -0.349 e. The number of aryl methyl sites for hydroxylation is 3. The summed E-state index contributed by atoms with van der Waals surface area (Å²) in [5.41, 5.74) is 1.46. The van der Waals surface area contributed by atoms with Gasteiger partial charge in [-0.1, -0.05) is 0 Å². The summed E-state index contributed by atoms with van der Waals surface area (Å²) in [6, 6.07) is -0.137. The Bertz CT molecular complexity index is 865. The molecular formula is C17H22FN5O2S. The first-order valence-electron chi connectivity index (χ1n) is 8.48. The number of amides is 1. The number of thiazole rings is 1. The molecule has 0 aromatic carbocycles. The summed E-state index contributed by atoms with van der Waals surface area (Å²) in [5.74, 6) is -0.541. The largest absolute Gasteiger partial charge is 0.349 e. The van der Waals surface area contributed by atoms with Crippen molar-refractivity contribution in [2.24, 2.45) is 0 Å². The number of hydrogen-bond acceptors (Lipinski definition) is 6. The number of likely N-dealkylation sites (tertiary alicyclic amines) is 1. The van der Waals surface area contributed by atoms with Crippen molar-refractivity contribution < 1.29 is 9.18 Å². The van der Waals surface area contributed by atoms with Crippen LogP contribution in [0.3, 0.4) is 0 Å². The second-order valence-electron chi connectivity index (χ2n) is 6.61. The molecule has 2 N–H and O–H groups in total. The van der Waals surface area contributed by atoms with Crippen LogP contribution >= 0.6 is 11.3 Å². The van der Waals surface area contributed by atoms with Gasteiger partial charge in [-0.05, 0) is 27.2 Å². The van der Waals surface area contributed by atoms with Gasteiger partial charge in [-0.2, -0.15) is 0 Å². The number of carbonyl (C=O) groups excluding carboxylic acids is 1. The highest BCUT2D eigenvalue weighted by molar-refractivity contribution is 7.09. The summed E-state index contributed by atoms with van der Waals surface area (Å²) < 4.78 is 13.9. The zero-order chi connectivity index (χ0) is 18.8. The SMILES string of the molecule is Cc1nc(CN2C[C@@H](F)C[C@H]2CNC(=O)c2nc(C)c(C)[nH]c2=O)cs1. The van der Waals surface area contributed by atoms with Gasteiger partial charge in [-0.25, -0.2) is 14.4 Å². The monoisotopic (exact) mass is 379 g/mol. The number of H-pyrrole nitrogens is 1. The van der Waals surface area contributed by atoms with Crippen molar-refractivity contribution in [3.05, 3.63) is 43.5 Å². The van der Waals surface area contributed by atoms with Crippen molar-refractivity contribution in [1.82, 2.24) is 25.2 Å². The van der Waals surface area contributed by atoms with Gasteiger partial charge >= 0.3 is 0 Å². The molecule has 2 aromatic heterocycles. The predicted octanol–water partition coefficient (Wildman–Crippen LogP) is 1.49. The molecule has 0 bridgehead atoms. The van der Waals surface area contributed by atoms with E-state index in [2.05, 4.69) is 20.3 Å². The van der Waals surface area contributed by atoms with Gasteiger partial charge in [0.25, 0.3) is 11.5 Å². The molecule has 0 radical (unpaired) electrons. The van der Waals surface area contributed by atoms with Gasteiger partial charge in [0.1, 0.15) is 6.17 Å². The Morgan fingerprint density at radius 2 is 2.19 bits per heavy atom. The molecule has 1 amide bonds. The molecule has 0 spiro atoms. The Morgan fingerprint density at radius 3 is 2.88 bits per heavy atom. The molecule has 1 aliphatic rings. The number of hydrogen-bond donors (Lipinski definition) is 2. The lowest BCUT2D eigenvalue weighted by Crippen LogP contribution is -2.41. The van der Waals surface area contributed by atoms with E-state index in [4.69, 9.17) is 0 Å². The van der Waals surface area contributed by atoms with Gasteiger partial charge in [0.05, 0.1) is 16.4 Å². The summed E-state index contributed by atoms with van der Waals surface area (Å²) in [5, 5.41) is 5.66. The van der Waals surface area contributed by atoms with Crippen LogP contribution in [0.25, 0.3) is 0 Å². The molecule has 26 heavy (non-hydrogen) atoms. The number of nitrogens with one attached hydrogen (secondary N) is 2. The van der Waals surface area contributed by atoms with Crippen molar-refractivity contribution in [2.45, 2.75) is 46.0 Å². The number of carbonyl (C=O) groups is 1. The highest BCUT2D eigenvalue weighted by Gasteiger charge is 2.32. The molecule has 3 rings (SSSR count). The molecule has 1 saturated heterocycles. The number of aromatic nitrogens is 3. The lowest BCUT2D eigenvalue weighted by Gasteiger charge is -2.23. The highest BCUT2D eigenvalue weighted by atomic mass is 32.1. The van der Waals surface area contributed by atoms with E-state index in [0.717, 1.165) is 10.7 Å². The number of rotatable bonds is 5. The van der Waals surface area contributed by atoms with Crippen molar-refractivity contribution in [3.8, 4) is 0 Å². The molecule has 0 aliphatic carbocycles. The maximum Gasteiger partial charge on any atom is 0.279 e. The summed E-state index contributed by atoms with van der Waals surface area (Å²) >= 11 is 1.56. The molecule has 140 valence electrons. The molecule has 7 nitrogen and oxygen atoms in total. The molecule has 2 aromatic rings. The van der Waals surface area contributed by atoms with Gasteiger partial charge in [0.2, 0.25) is 0 Å². The maximum absolute atomic E-state index is 13.9. The van der Waals surface area contributed by atoms with Crippen molar-refractivity contribution in [2.75, 3.05) is 13.1 Å². The van der Waals surface area contributed by atoms with Crippen molar-refractivity contribution in [1.29, 1.82) is 0 Å². The van der Waals surface area contributed by atoms with Crippen LogP contribution in [0, 0.1) is 20.8 Å². The minimum absolute atomic E-state index is 0.137. The van der Waals surface area contributed by atoms with Crippen LogP contribution in [-0.2, 0) is 6.54 Å². The second kappa shape index (κ2) is 7.63. The van der Waals surface area contributed by atoms with Gasteiger partial charge in [0, 0.05) is 36.8 Å². The lowest BCUT2D eigenvalue weighted by molar-refractivity contribution is 0.0932. The average molecular weight is 379 g/mol. The smallest absolute Gasteiger partial charge is 0.279 e. The first-order valence-corrected chi connectivity index (χ1v) is 9.36. The van der Waals surface area contributed by atoms with Gasteiger partial charge in [0.15, 0.2) is 5.69 Å². The Hall–Kier alpha value is -2.13. The quantitative estimate of drug-likeness (QED) is 0.821. The van der Waals surface area contributed by atoms with Crippen LogP contribution in [0.1, 0.15) is 39.0 Å². The summed E-state index contributed by atoms with van der Waals surface area (Å²) in [4.78, 5) is 37.3. The van der Waals surface area contributed by atoms with Gasteiger partial charge < -0.3 is 10.3 Å². The normalized spacial score (nSPS) is 20.5. The zero-order valence-corrected chi connectivity index (χ0v) is 15.8. The molecule has 1 fully saturated rings. The minimum atomic E-state index is -0.931. The number of aromatic amines is 1. The summed E-state index contributed by atoms with van der Waals surface area (Å²) in [6.45, 7) is 6.51. The fourth-order valence-electron chi connectivity index (χ4n) is 3.09. The average Bonchev–Trinajstić information content (AvgIpc) is 3.14. The third-order valence-electron chi connectivity index (χ3n) is 4.56. The van der Waals surface area contributed by atoms with Crippen molar-refractivity contribution in [3.63, 3.8) is 0 Å². The van der Waals surface area contributed by atoms with E-state index in [0.29, 0.717) is 30.9 Å². The molecule has 0 saturated carbocycles. The van der Waals surface area contributed by atoms with Crippen LogP contribution in [-0.4, -0.2) is 51.1 Å². The fraction of sp³-hybridized carbons (Fsp3) is 0.529. The number of halogens is 1. The van der Waals surface area contributed by atoms with Gasteiger partial charge in [-0.3, -0.25) is 14.5 Å². The molecular weight excluding hydrogens is 357 g/mol. The molecule has 2 atom stereocenters. The van der Waals surface area contributed by atoms with E-state index in [-0.39, 0.29) is 18.3 Å². The summed E-state index contributed by atoms with van der Waals surface area (Å²) in [6.07, 6.45) is -0.583. The molecule has 3 heterocycles. The highest BCUT2D eigenvalue weighted by Crippen LogP contribution is 2.23. The molecule has 0 unspecified atom stereocenters. The Morgan fingerprint density at radius 1 is 1.42 bits per heavy atom. The van der Waals surface area contributed by atoms with Crippen LogP contribution in [0.15, 0.2) is 10.2 Å². The van der Waals surface area contributed by atoms with Gasteiger partial charge in [-0.15, -0.1) is 11.3 Å². The van der Waals surface area contributed by atoms with E-state index >= 15 is 0 Å². The predicted molar refractivity (Wildman–Crippen MR) is 97.2 cm³/mol. The van der Waals surface area contributed by atoms with E-state index in [9.17, 15) is 14.0 Å². The Kier molecular flexibility index (Phi) is 5.47. The first-order chi connectivity index (χ1) is 12.3. The van der Waals surface area contributed by atoms with E-state index in [1.54, 1.807) is 25.2 Å². The second-order valence-corrected chi connectivity index (χ2v) is 7.67. The topological polar surface area (TPSA) is 91.0 Å². The molecule has 9 heteroatoms. The van der Waals surface area contributed by atoms with Crippen LogP contribution < -0.4 is 10.9 Å². The Labute approximate surface area is 154 Å². The van der Waals surface area contributed by atoms with E-state index < -0.39 is 17.6 Å². The van der Waals surface area contributed by atoms with Crippen LogP contribution in [0.2, 0.25) is 0 Å². The van der Waals surface area contributed by atoms with E-state index in [1.165, 1.54) is 0 Å². The number of alkyl halides is 1. The standard InChI is InChI=1S/C17H22FN5O2S/c1-9-10(2)21-17(25)15(20-9)16(24)19-5-14-4-12(18)6-23(14)7-13-8-26-11(3)22-13/h8,12,14H,4-7H2,1-3H3,(H,19,24)(H,21,25)/t12-,14-/m0/s1. The van der Waals surface area contributed by atoms with Crippen LogP contribution in [0.5, 0.6) is 0 Å². The van der Waals surface area contributed by atoms with Crippen LogP contribution in [0.4, 0.5) is 4.39 Å². The zero-order valence-electron chi connectivity index (χ0n) is 15.0. The lowest BCUT2D eigenvalue weighted by atomic mass is 10.2. The molecule has 1 aliphatic heterocycles. The first kappa shape index (κ1) is 18.7.